The van der Waals surface area contributed by atoms with Crippen LogP contribution in [0.1, 0.15) is 6.42 Å². The van der Waals surface area contributed by atoms with Crippen molar-refractivity contribution in [3.8, 4) is 0 Å². The third-order valence-corrected chi connectivity index (χ3v) is 3.20. The first-order valence-electron chi connectivity index (χ1n) is 4.12. The Labute approximate surface area is 95.6 Å². The van der Waals surface area contributed by atoms with Gasteiger partial charge >= 0.3 is 0 Å². The van der Waals surface area contributed by atoms with Crippen LogP contribution in [0, 0.1) is 3.57 Å². The lowest BCUT2D eigenvalue weighted by Crippen LogP contribution is -2.21. The Balaban J connectivity index is 2.21. The number of anilines is 1. The molecule has 0 amide bonds. The second kappa shape index (κ2) is 3.96. The van der Waals surface area contributed by atoms with Crippen LogP contribution >= 0.6 is 34.2 Å². The van der Waals surface area contributed by atoms with Gasteiger partial charge in [-0.3, -0.25) is 0 Å². The largest absolute Gasteiger partial charge is 0.354 e. The van der Waals surface area contributed by atoms with E-state index in [1.165, 1.54) is 0 Å². The van der Waals surface area contributed by atoms with Gasteiger partial charge in [0.1, 0.15) is 12.1 Å². The normalized spacial score (nSPS) is 22.3. The van der Waals surface area contributed by atoms with Crippen LogP contribution in [0.3, 0.4) is 0 Å². The molecule has 1 aliphatic rings. The number of hydrogen-bond donors (Lipinski definition) is 0. The van der Waals surface area contributed by atoms with E-state index in [9.17, 15) is 0 Å². The summed E-state index contributed by atoms with van der Waals surface area (Å²) in [7, 11) is 0. The lowest BCUT2D eigenvalue weighted by atomic mass is 10.4. The molecule has 3 nitrogen and oxygen atoms in total. The van der Waals surface area contributed by atoms with Crippen LogP contribution in [0.15, 0.2) is 12.5 Å². The predicted octanol–water partition coefficient (Wildman–Crippen LogP) is 1.90. The fraction of sp³-hybridized carbons (Fsp3) is 0.500. The Morgan fingerprint density at radius 3 is 3.08 bits per heavy atom. The van der Waals surface area contributed by atoms with E-state index in [0.29, 0.717) is 0 Å². The van der Waals surface area contributed by atoms with E-state index in [2.05, 4.69) is 37.5 Å². The molecule has 1 unspecified atom stereocenters. The molecule has 1 aliphatic heterocycles. The van der Waals surface area contributed by atoms with Crippen molar-refractivity contribution in [1.82, 2.24) is 9.97 Å². The van der Waals surface area contributed by atoms with Gasteiger partial charge in [0, 0.05) is 19.3 Å². The quantitative estimate of drug-likeness (QED) is 0.586. The zero-order chi connectivity index (χ0) is 9.26. The van der Waals surface area contributed by atoms with E-state index in [0.717, 1.165) is 28.9 Å². The van der Waals surface area contributed by atoms with E-state index in [1.807, 2.05) is 6.20 Å². The van der Waals surface area contributed by atoms with Gasteiger partial charge in [-0.25, -0.2) is 9.97 Å². The number of hydrogen-bond acceptors (Lipinski definition) is 3. The number of halogens is 2. The van der Waals surface area contributed by atoms with Crippen molar-refractivity contribution in [3.63, 3.8) is 0 Å². The standard InChI is InChI=1S/C8H9ClIN3/c9-6-1-2-13(4-6)8-7(10)3-11-5-12-8/h3,5-6H,1-2,4H2. The Morgan fingerprint density at radius 2 is 2.46 bits per heavy atom. The molecular formula is C8H9ClIN3. The van der Waals surface area contributed by atoms with E-state index in [1.54, 1.807) is 6.33 Å². The van der Waals surface area contributed by atoms with Crippen LogP contribution in [0.4, 0.5) is 5.82 Å². The predicted molar refractivity (Wildman–Crippen MR) is 61.2 cm³/mol. The molecule has 5 heteroatoms. The van der Waals surface area contributed by atoms with Crippen molar-refractivity contribution < 1.29 is 0 Å². The van der Waals surface area contributed by atoms with Crippen LogP contribution < -0.4 is 4.90 Å². The fourth-order valence-electron chi connectivity index (χ4n) is 1.45. The van der Waals surface area contributed by atoms with Gasteiger partial charge in [0.25, 0.3) is 0 Å². The second-order valence-electron chi connectivity index (χ2n) is 3.03. The summed E-state index contributed by atoms with van der Waals surface area (Å²) in [6.07, 6.45) is 4.45. The van der Waals surface area contributed by atoms with Crippen molar-refractivity contribution in [2.45, 2.75) is 11.8 Å². The summed E-state index contributed by atoms with van der Waals surface area (Å²) in [5, 5.41) is 0.269. The molecule has 1 aromatic heterocycles. The molecule has 0 bridgehead atoms. The van der Waals surface area contributed by atoms with Crippen molar-refractivity contribution in [1.29, 1.82) is 0 Å². The highest BCUT2D eigenvalue weighted by Gasteiger charge is 2.22. The number of nitrogens with zero attached hydrogens (tertiary/aromatic N) is 3. The molecule has 0 N–H and O–H groups in total. The lowest BCUT2D eigenvalue weighted by Gasteiger charge is -2.16. The van der Waals surface area contributed by atoms with E-state index in [-0.39, 0.29) is 5.38 Å². The van der Waals surface area contributed by atoms with Crippen LogP contribution in [0.5, 0.6) is 0 Å². The van der Waals surface area contributed by atoms with Gasteiger partial charge in [-0.15, -0.1) is 11.6 Å². The van der Waals surface area contributed by atoms with Gasteiger partial charge in [0.15, 0.2) is 0 Å². The monoisotopic (exact) mass is 309 g/mol. The molecule has 1 aromatic rings. The van der Waals surface area contributed by atoms with Gasteiger partial charge in [-0.05, 0) is 29.0 Å². The third-order valence-electron chi connectivity index (χ3n) is 2.08. The van der Waals surface area contributed by atoms with Gasteiger partial charge in [-0.2, -0.15) is 0 Å². The highest BCUT2D eigenvalue weighted by Crippen LogP contribution is 2.24. The second-order valence-corrected chi connectivity index (χ2v) is 4.81. The molecule has 0 saturated carbocycles. The average molecular weight is 310 g/mol. The van der Waals surface area contributed by atoms with E-state index >= 15 is 0 Å². The summed E-state index contributed by atoms with van der Waals surface area (Å²) >= 11 is 8.27. The minimum absolute atomic E-state index is 0.269. The van der Waals surface area contributed by atoms with E-state index in [4.69, 9.17) is 11.6 Å². The molecule has 13 heavy (non-hydrogen) atoms. The topological polar surface area (TPSA) is 29.0 Å². The highest BCUT2D eigenvalue weighted by molar-refractivity contribution is 14.1. The highest BCUT2D eigenvalue weighted by atomic mass is 127. The van der Waals surface area contributed by atoms with Crippen LogP contribution in [-0.2, 0) is 0 Å². The van der Waals surface area contributed by atoms with Crippen LogP contribution in [-0.4, -0.2) is 28.4 Å². The van der Waals surface area contributed by atoms with Gasteiger partial charge < -0.3 is 4.90 Å². The maximum Gasteiger partial charge on any atom is 0.145 e. The maximum absolute atomic E-state index is 6.02. The average Bonchev–Trinajstić information content (AvgIpc) is 2.53. The summed E-state index contributed by atoms with van der Waals surface area (Å²) in [4.78, 5) is 10.4. The first-order valence-corrected chi connectivity index (χ1v) is 5.63. The SMILES string of the molecule is ClC1CCN(c2ncncc2I)C1. The lowest BCUT2D eigenvalue weighted by molar-refractivity contribution is 0.921. The molecule has 0 aromatic carbocycles. The van der Waals surface area contributed by atoms with Gasteiger partial charge in [0.2, 0.25) is 0 Å². The maximum atomic E-state index is 6.02. The molecule has 1 saturated heterocycles. The van der Waals surface area contributed by atoms with Gasteiger partial charge in [-0.1, -0.05) is 0 Å². The number of rotatable bonds is 1. The first kappa shape index (κ1) is 9.45. The summed E-state index contributed by atoms with van der Waals surface area (Å²) in [6.45, 7) is 1.90. The molecule has 1 atom stereocenters. The van der Waals surface area contributed by atoms with Crippen molar-refractivity contribution in [2.75, 3.05) is 18.0 Å². The molecule has 0 radical (unpaired) electrons. The Hall–Kier alpha value is -0.100. The Kier molecular flexibility index (Phi) is 2.88. The first-order chi connectivity index (χ1) is 6.27. The smallest absolute Gasteiger partial charge is 0.145 e. The minimum atomic E-state index is 0.269. The van der Waals surface area contributed by atoms with Crippen LogP contribution in [0.2, 0.25) is 0 Å². The van der Waals surface area contributed by atoms with Crippen LogP contribution in [0.25, 0.3) is 0 Å². The van der Waals surface area contributed by atoms with Crippen molar-refractivity contribution in [2.24, 2.45) is 0 Å². The van der Waals surface area contributed by atoms with Gasteiger partial charge in [0.05, 0.1) is 8.95 Å². The van der Waals surface area contributed by atoms with E-state index < -0.39 is 0 Å². The Bertz CT molecular complexity index is 307. The minimum Gasteiger partial charge on any atom is -0.354 e. The molecule has 2 rings (SSSR count). The summed E-state index contributed by atoms with van der Waals surface area (Å²) in [6, 6.07) is 0. The fourth-order valence-corrected chi connectivity index (χ4v) is 2.35. The zero-order valence-corrected chi connectivity index (χ0v) is 9.86. The number of aromatic nitrogens is 2. The zero-order valence-electron chi connectivity index (χ0n) is 6.95. The molecule has 70 valence electrons. The summed E-state index contributed by atoms with van der Waals surface area (Å²) in [5.41, 5.74) is 0. The summed E-state index contributed by atoms with van der Waals surface area (Å²) in [5.74, 6) is 1.01. The molecule has 2 heterocycles. The Morgan fingerprint density at radius 1 is 1.62 bits per heavy atom. The van der Waals surface area contributed by atoms with Crippen molar-refractivity contribution >= 4 is 40.0 Å². The molecule has 0 spiro atoms. The molecular weight excluding hydrogens is 300 g/mol. The summed E-state index contributed by atoms with van der Waals surface area (Å²) < 4.78 is 1.09. The molecule has 1 fully saturated rings. The number of alkyl halides is 1. The molecule has 0 aliphatic carbocycles. The van der Waals surface area contributed by atoms with Crippen molar-refractivity contribution in [3.05, 3.63) is 16.1 Å². The third kappa shape index (κ3) is 2.04.